The Morgan fingerprint density at radius 1 is 1.44 bits per heavy atom. The highest BCUT2D eigenvalue weighted by Crippen LogP contribution is 2.29. The molecule has 0 radical (unpaired) electrons. The van der Waals surface area contributed by atoms with Gasteiger partial charge in [-0.05, 0) is 54.1 Å². The van der Waals surface area contributed by atoms with Crippen LogP contribution in [0.1, 0.15) is 12.3 Å². The average molecular weight is 330 g/mol. The van der Waals surface area contributed by atoms with Gasteiger partial charge in [0.05, 0.1) is 11.2 Å². The summed E-state index contributed by atoms with van der Waals surface area (Å²) in [6.07, 6.45) is 3.61. The van der Waals surface area contributed by atoms with Crippen molar-refractivity contribution in [2.45, 2.75) is 12.8 Å². The number of hydrogen-bond acceptors (Lipinski definition) is 3. The van der Waals surface area contributed by atoms with E-state index in [0.717, 1.165) is 41.1 Å². The van der Waals surface area contributed by atoms with Crippen molar-refractivity contribution < 1.29 is 4.42 Å². The third kappa shape index (κ3) is 3.34. The molecule has 18 heavy (non-hydrogen) atoms. The predicted octanol–water partition coefficient (Wildman–Crippen LogP) is 3.91. The molecule has 0 aliphatic heterocycles. The first-order valence-corrected chi connectivity index (χ1v) is 6.92. The summed E-state index contributed by atoms with van der Waals surface area (Å²) < 4.78 is 6.56. The Labute approximate surface area is 120 Å². The van der Waals surface area contributed by atoms with Crippen LogP contribution in [0.3, 0.4) is 0 Å². The van der Waals surface area contributed by atoms with Crippen LogP contribution >= 0.6 is 27.5 Å². The Morgan fingerprint density at radius 3 is 3.00 bits per heavy atom. The van der Waals surface area contributed by atoms with Gasteiger partial charge < -0.3 is 9.73 Å². The fourth-order valence-electron chi connectivity index (χ4n) is 1.63. The zero-order valence-corrected chi connectivity index (χ0v) is 12.4. The van der Waals surface area contributed by atoms with E-state index in [-0.39, 0.29) is 0 Å². The Hall–Kier alpha value is -0.840. The smallest absolute Gasteiger partial charge is 0.194 e. The summed E-state index contributed by atoms with van der Waals surface area (Å²) in [7, 11) is 1.94. The molecule has 0 atom stereocenters. The maximum atomic E-state index is 5.96. The number of hydrogen-bond donors (Lipinski definition) is 1. The van der Waals surface area contributed by atoms with Crippen LogP contribution in [0.5, 0.6) is 0 Å². The second kappa shape index (κ2) is 6.36. The molecule has 2 aromatic rings. The lowest BCUT2D eigenvalue weighted by atomic mass is 10.2. The number of aromatic nitrogens is 1. The van der Waals surface area contributed by atoms with Gasteiger partial charge in [0.15, 0.2) is 11.7 Å². The van der Waals surface area contributed by atoms with E-state index in [2.05, 4.69) is 26.2 Å². The summed E-state index contributed by atoms with van der Waals surface area (Å²) in [6, 6.07) is 5.69. The van der Waals surface area contributed by atoms with Crippen LogP contribution in [-0.2, 0) is 6.42 Å². The standard InChI is InChI=1S/C13H14BrClN2O/c1-16-6-2-3-13-17-8-12(18-13)9-4-5-11(15)10(14)7-9/h4-5,7-8,16H,2-3,6H2,1H3. The largest absolute Gasteiger partial charge is 0.441 e. The molecule has 3 nitrogen and oxygen atoms in total. The van der Waals surface area contributed by atoms with Crippen molar-refractivity contribution in [2.75, 3.05) is 13.6 Å². The number of rotatable bonds is 5. The molecule has 0 unspecified atom stereocenters. The van der Waals surface area contributed by atoms with E-state index in [1.807, 2.05) is 25.2 Å². The summed E-state index contributed by atoms with van der Waals surface area (Å²) >= 11 is 9.36. The number of halogens is 2. The van der Waals surface area contributed by atoms with Crippen molar-refractivity contribution in [3.63, 3.8) is 0 Å². The molecule has 1 N–H and O–H groups in total. The van der Waals surface area contributed by atoms with E-state index >= 15 is 0 Å². The van der Waals surface area contributed by atoms with Gasteiger partial charge in [-0.2, -0.15) is 0 Å². The number of benzene rings is 1. The third-order valence-electron chi connectivity index (χ3n) is 2.58. The molecule has 0 spiro atoms. The lowest BCUT2D eigenvalue weighted by Gasteiger charge is -1.99. The summed E-state index contributed by atoms with van der Waals surface area (Å²) in [5.41, 5.74) is 0.971. The maximum Gasteiger partial charge on any atom is 0.194 e. The molecule has 0 bridgehead atoms. The first-order valence-electron chi connectivity index (χ1n) is 5.75. The van der Waals surface area contributed by atoms with Gasteiger partial charge in [-0.15, -0.1) is 0 Å². The Bertz CT molecular complexity index is 527. The number of nitrogens with one attached hydrogen (secondary N) is 1. The zero-order valence-electron chi connectivity index (χ0n) is 10.0. The van der Waals surface area contributed by atoms with Gasteiger partial charge >= 0.3 is 0 Å². The van der Waals surface area contributed by atoms with Gasteiger partial charge in [0.1, 0.15) is 0 Å². The lowest BCUT2D eigenvalue weighted by molar-refractivity contribution is 0.495. The van der Waals surface area contributed by atoms with Crippen LogP contribution in [0, 0.1) is 0 Å². The molecule has 0 amide bonds. The Morgan fingerprint density at radius 2 is 2.28 bits per heavy atom. The second-order valence-corrected chi connectivity index (χ2v) is 5.22. The molecule has 1 aromatic carbocycles. The van der Waals surface area contributed by atoms with Crippen LogP contribution in [0.2, 0.25) is 5.02 Å². The van der Waals surface area contributed by atoms with Crippen molar-refractivity contribution >= 4 is 27.5 Å². The zero-order chi connectivity index (χ0) is 13.0. The number of oxazole rings is 1. The summed E-state index contributed by atoms with van der Waals surface area (Å²) in [5, 5.41) is 3.79. The molecule has 0 aliphatic rings. The highest BCUT2D eigenvalue weighted by Gasteiger charge is 2.07. The van der Waals surface area contributed by atoms with Crippen molar-refractivity contribution in [1.82, 2.24) is 10.3 Å². The molecule has 2 rings (SSSR count). The molecule has 1 heterocycles. The molecule has 0 aliphatic carbocycles. The first-order chi connectivity index (χ1) is 8.70. The minimum Gasteiger partial charge on any atom is -0.441 e. The molecule has 1 aromatic heterocycles. The van der Waals surface area contributed by atoms with Gasteiger partial charge in [-0.1, -0.05) is 11.6 Å². The van der Waals surface area contributed by atoms with Crippen molar-refractivity contribution in [3.8, 4) is 11.3 Å². The van der Waals surface area contributed by atoms with Crippen LogP contribution in [0.4, 0.5) is 0 Å². The van der Waals surface area contributed by atoms with E-state index in [4.69, 9.17) is 16.0 Å². The second-order valence-electron chi connectivity index (χ2n) is 3.95. The quantitative estimate of drug-likeness (QED) is 0.845. The first kappa shape index (κ1) is 13.6. The van der Waals surface area contributed by atoms with Crippen LogP contribution in [0.25, 0.3) is 11.3 Å². The van der Waals surface area contributed by atoms with E-state index in [1.54, 1.807) is 6.20 Å². The predicted molar refractivity (Wildman–Crippen MR) is 76.9 cm³/mol. The maximum absolute atomic E-state index is 5.96. The minimum atomic E-state index is 0.688. The monoisotopic (exact) mass is 328 g/mol. The Kier molecular flexibility index (Phi) is 4.80. The van der Waals surface area contributed by atoms with Gasteiger partial charge in [0.2, 0.25) is 0 Å². The van der Waals surface area contributed by atoms with Gasteiger partial charge in [0.25, 0.3) is 0 Å². The Balaban J connectivity index is 2.11. The molecule has 0 fully saturated rings. The molecule has 0 saturated carbocycles. The summed E-state index contributed by atoms with van der Waals surface area (Å²) in [4.78, 5) is 4.27. The topological polar surface area (TPSA) is 38.1 Å². The summed E-state index contributed by atoms with van der Waals surface area (Å²) in [6.45, 7) is 0.963. The van der Waals surface area contributed by atoms with E-state index in [0.29, 0.717) is 5.02 Å². The molecular formula is C13H14BrClN2O. The van der Waals surface area contributed by atoms with Crippen LogP contribution < -0.4 is 5.32 Å². The van der Waals surface area contributed by atoms with Crippen molar-refractivity contribution in [1.29, 1.82) is 0 Å². The van der Waals surface area contributed by atoms with Crippen molar-refractivity contribution in [2.24, 2.45) is 0 Å². The van der Waals surface area contributed by atoms with Gasteiger partial charge in [0, 0.05) is 16.5 Å². The van der Waals surface area contributed by atoms with E-state index in [1.165, 1.54) is 0 Å². The number of aryl methyl sites for hydroxylation is 1. The van der Waals surface area contributed by atoms with Crippen LogP contribution in [-0.4, -0.2) is 18.6 Å². The molecule has 96 valence electrons. The SMILES string of the molecule is CNCCCc1ncc(-c2ccc(Cl)c(Br)c2)o1. The normalized spacial score (nSPS) is 10.8. The van der Waals surface area contributed by atoms with E-state index < -0.39 is 0 Å². The highest BCUT2D eigenvalue weighted by molar-refractivity contribution is 9.10. The van der Waals surface area contributed by atoms with E-state index in [9.17, 15) is 0 Å². The lowest BCUT2D eigenvalue weighted by Crippen LogP contribution is -2.08. The highest BCUT2D eigenvalue weighted by atomic mass is 79.9. The fraction of sp³-hybridized carbons (Fsp3) is 0.308. The minimum absolute atomic E-state index is 0.688. The molecule has 0 saturated heterocycles. The molecule has 5 heteroatoms. The van der Waals surface area contributed by atoms with Crippen molar-refractivity contribution in [3.05, 3.63) is 39.8 Å². The van der Waals surface area contributed by atoms with Gasteiger partial charge in [-0.25, -0.2) is 4.98 Å². The average Bonchev–Trinajstić information content (AvgIpc) is 2.82. The van der Waals surface area contributed by atoms with Gasteiger partial charge in [-0.3, -0.25) is 0 Å². The summed E-state index contributed by atoms with van der Waals surface area (Å²) in [5.74, 6) is 1.54. The van der Waals surface area contributed by atoms with Crippen LogP contribution in [0.15, 0.2) is 33.3 Å². The fourth-order valence-corrected chi connectivity index (χ4v) is 2.12. The number of nitrogens with zero attached hydrogens (tertiary/aromatic N) is 1. The third-order valence-corrected chi connectivity index (χ3v) is 3.79. The molecular weight excluding hydrogens is 316 g/mol.